The van der Waals surface area contributed by atoms with Gasteiger partial charge in [0.1, 0.15) is 15.8 Å². The van der Waals surface area contributed by atoms with Gasteiger partial charge in [0.2, 0.25) is 5.91 Å². The van der Waals surface area contributed by atoms with Crippen LogP contribution < -0.4 is 0 Å². The van der Waals surface area contributed by atoms with Crippen LogP contribution in [-0.4, -0.2) is 44.4 Å². The quantitative estimate of drug-likeness (QED) is 0.814. The van der Waals surface area contributed by atoms with E-state index in [1.807, 2.05) is 19.1 Å². The predicted octanol–water partition coefficient (Wildman–Crippen LogP) is 2.61. The fourth-order valence-electron chi connectivity index (χ4n) is 1.69. The number of H-pyrrole nitrogens is 1. The highest BCUT2D eigenvalue weighted by Crippen LogP contribution is 2.16. The second-order valence-electron chi connectivity index (χ2n) is 4.57. The summed E-state index contributed by atoms with van der Waals surface area (Å²) in [6.45, 7) is 2.68. The summed E-state index contributed by atoms with van der Waals surface area (Å²) >= 11 is 6.63. The molecule has 0 radical (unpaired) electrons. The van der Waals surface area contributed by atoms with Crippen molar-refractivity contribution < 1.29 is 4.79 Å². The van der Waals surface area contributed by atoms with E-state index >= 15 is 0 Å². The van der Waals surface area contributed by atoms with E-state index in [0.29, 0.717) is 11.1 Å². The number of aromatic nitrogens is 4. The number of hydrogen-bond donors (Lipinski definition) is 1. The van der Waals surface area contributed by atoms with Gasteiger partial charge in [0.05, 0.1) is 6.20 Å². The summed E-state index contributed by atoms with van der Waals surface area (Å²) in [6, 6.07) is 1.80. The predicted molar refractivity (Wildman–Crippen MR) is 87.6 cm³/mol. The Hall–Kier alpha value is -1.41. The number of rotatable bonds is 5. The maximum absolute atomic E-state index is 12.1. The molecule has 21 heavy (non-hydrogen) atoms. The zero-order valence-corrected chi connectivity index (χ0v) is 14.8. The zero-order valence-electron chi connectivity index (χ0n) is 11.7. The summed E-state index contributed by atoms with van der Waals surface area (Å²) < 4.78 is 3.06. The SMILES string of the molecule is Cc1[nH]ncc1/C=C/CN(C)C(=O)Cn1nc(Br)cc1Br. The van der Waals surface area contributed by atoms with Crippen molar-refractivity contribution in [3.8, 4) is 0 Å². The molecule has 0 aromatic carbocycles. The molecule has 0 saturated carbocycles. The van der Waals surface area contributed by atoms with Crippen molar-refractivity contribution >= 4 is 43.8 Å². The smallest absolute Gasteiger partial charge is 0.244 e. The van der Waals surface area contributed by atoms with Crippen LogP contribution in [0.3, 0.4) is 0 Å². The summed E-state index contributed by atoms with van der Waals surface area (Å²) in [4.78, 5) is 13.8. The molecule has 0 atom stereocenters. The van der Waals surface area contributed by atoms with Crippen LogP contribution in [-0.2, 0) is 11.3 Å². The average Bonchev–Trinajstić information content (AvgIpc) is 2.96. The van der Waals surface area contributed by atoms with Gasteiger partial charge in [-0.1, -0.05) is 12.2 Å². The molecule has 1 N–H and O–H groups in total. The van der Waals surface area contributed by atoms with E-state index in [9.17, 15) is 4.79 Å². The molecular weight excluding hydrogens is 402 g/mol. The Labute approximate surface area is 139 Å². The van der Waals surface area contributed by atoms with Crippen molar-refractivity contribution in [3.05, 3.63) is 38.8 Å². The number of carbonyl (C=O) groups is 1. The molecule has 0 bridgehead atoms. The summed E-state index contributed by atoms with van der Waals surface area (Å²) in [7, 11) is 1.77. The zero-order chi connectivity index (χ0) is 15.4. The number of amides is 1. The van der Waals surface area contributed by atoms with E-state index in [-0.39, 0.29) is 12.5 Å². The molecule has 0 saturated heterocycles. The summed E-state index contributed by atoms with van der Waals surface area (Å²) in [5.74, 6) is -0.0140. The first-order chi connectivity index (χ1) is 9.97. The van der Waals surface area contributed by atoms with Gasteiger partial charge in [-0.2, -0.15) is 10.2 Å². The highest BCUT2D eigenvalue weighted by Gasteiger charge is 2.11. The van der Waals surface area contributed by atoms with Gasteiger partial charge >= 0.3 is 0 Å². The first kappa shape index (κ1) is 16.0. The van der Waals surface area contributed by atoms with Gasteiger partial charge < -0.3 is 4.90 Å². The van der Waals surface area contributed by atoms with Gasteiger partial charge in [0.25, 0.3) is 0 Å². The second-order valence-corrected chi connectivity index (χ2v) is 6.20. The highest BCUT2D eigenvalue weighted by molar-refractivity contribution is 9.11. The molecule has 6 nitrogen and oxygen atoms in total. The lowest BCUT2D eigenvalue weighted by molar-refractivity contribution is -0.130. The minimum absolute atomic E-state index is 0.0140. The third-order valence-corrected chi connectivity index (χ3v) is 3.98. The number of nitrogens with one attached hydrogen (secondary N) is 1. The van der Waals surface area contributed by atoms with Gasteiger partial charge in [-0.3, -0.25) is 9.89 Å². The van der Waals surface area contributed by atoms with Crippen LogP contribution in [0.1, 0.15) is 11.3 Å². The Morgan fingerprint density at radius 2 is 2.29 bits per heavy atom. The molecule has 0 fully saturated rings. The molecule has 1 amide bonds. The molecule has 8 heteroatoms. The molecule has 112 valence electrons. The fourth-order valence-corrected chi connectivity index (χ4v) is 2.83. The van der Waals surface area contributed by atoms with Gasteiger partial charge in [-0.05, 0) is 38.8 Å². The minimum Gasteiger partial charge on any atom is -0.340 e. The van der Waals surface area contributed by atoms with E-state index in [1.165, 1.54) is 0 Å². The lowest BCUT2D eigenvalue weighted by Crippen LogP contribution is -2.30. The molecule has 2 rings (SSSR count). The maximum Gasteiger partial charge on any atom is 0.244 e. The van der Waals surface area contributed by atoms with Crippen molar-refractivity contribution in [1.82, 2.24) is 24.9 Å². The van der Waals surface area contributed by atoms with Gasteiger partial charge in [0, 0.05) is 30.9 Å². The molecule has 2 heterocycles. The first-order valence-electron chi connectivity index (χ1n) is 6.26. The Morgan fingerprint density at radius 1 is 1.52 bits per heavy atom. The molecule has 0 aliphatic heterocycles. The Bertz CT molecular complexity index is 661. The number of likely N-dealkylation sites (N-methyl/N-ethyl adjacent to an activating group) is 1. The summed E-state index contributed by atoms with van der Waals surface area (Å²) in [6.07, 6.45) is 5.64. The molecule has 2 aromatic rings. The van der Waals surface area contributed by atoms with E-state index < -0.39 is 0 Å². The summed E-state index contributed by atoms with van der Waals surface area (Å²) in [5.41, 5.74) is 2.03. The third kappa shape index (κ3) is 4.28. The maximum atomic E-state index is 12.1. The van der Waals surface area contributed by atoms with Crippen LogP contribution in [0.2, 0.25) is 0 Å². The van der Waals surface area contributed by atoms with Gasteiger partial charge in [-0.25, -0.2) is 4.68 Å². The number of aromatic amines is 1. The van der Waals surface area contributed by atoms with E-state index in [1.54, 1.807) is 28.9 Å². The largest absolute Gasteiger partial charge is 0.340 e. The second kappa shape index (κ2) is 7.04. The standard InChI is InChI=1S/C13H15Br2N5O/c1-9-10(7-16-17-9)4-3-5-19(2)13(21)8-20-12(15)6-11(14)18-20/h3-4,6-7H,5,8H2,1-2H3,(H,16,17)/b4-3+. The third-order valence-electron chi connectivity index (χ3n) is 2.96. The number of carbonyl (C=O) groups excluding carboxylic acids is 1. The van der Waals surface area contributed by atoms with Gasteiger partial charge in [-0.15, -0.1) is 0 Å². The van der Waals surface area contributed by atoms with Crippen molar-refractivity contribution in [2.24, 2.45) is 0 Å². The van der Waals surface area contributed by atoms with Crippen LogP contribution in [0.25, 0.3) is 6.08 Å². The number of aryl methyl sites for hydroxylation is 1. The Balaban J connectivity index is 1.89. The van der Waals surface area contributed by atoms with Crippen LogP contribution in [0.4, 0.5) is 0 Å². The normalized spacial score (nSPS) is 11.2. The summed E-state index contributed by atoms with van der Waals surface area (Å²) in [5, 5.41) is 11.0. The molecule has 2 aromatic heterocycles. The Morgan fingerprint density at radius 3 is 2.86 bits per heavy atom. The molecule has 0 spiro atoms. The number of halogens is 2. The van der Waals surface area contributed by atoms with E-state index in [0.717, 1.165) is 15.9 Å². The number of hydrogen-bond acceptors (Lipinski definition) is 3. The van der Waals surface area contributed by atoms with Gasteiger partial charge in [0.15, 0.2) is 0 Å². The van der Waals surface area contributed by atoms with Crippen LogP contribution >= 0.6 is 31.9 Å². The van der Waals surface area contributed by atoms with E-state index in [4.69, 9.17) is 0 Å². The van der Waals surface area contributed by atoms with Crippen LogP contribution in [0.15, 0.2) is 27.5 Å². The topological polar surface area (TPSA) is 66.8 Å². The average molecular weight is 417 g/mol. The molecular formula is C13H15Br2N5O. The first-order valence-corrected chi connectivity index (χ1v) is 7.85. The van der Waals surface area contributed by atoms with Crippen LogP contribution in [0, 0.1) is 6.92 Å². The Kier molecular flexibility index (Phi) is 5.35. The fraction of sp³-hybridized carbons (Fsp3) is 0.308. The van der Waals surface area contributed by atoms with Crippen molar-refractivity contribution in [1.29, 1.82) is 0 Å². The van der Waals surface area contributed by atoms with Crippen LogP contribution in [0.5, 0.6) is 0 Å². The lowest BCUT2D eigenvalue weighted by atomic mass is 10.2. The number of nitrogens with zero attached hydrogens (tertiary/aromatic N) is 4. The van der Waals surface area contributed by atoms with Crippen molar-refractivity contribution in [3.63, 3.8) is 0 Å². The highest BCUT2D eigenvalue weighted by atomic mass is 79.9. The lowest BCUT2D eigenvalue weighted by Gasteiger charge is -2.15. The molecule has 0 unspecified atom stereocenters. The molecule has 0 aliphatic rings. The molecule has 0 aliphatic carbocycles. The van der Waals surface area contributed by atoms with Crippen molar-refractivity contribution in [2.75, 3.05) is 13.6 Å². The minimum atomic E-state index is -0.0140. The monoisotopic (exact) mass is 415 g/mol. The van der Waals surface area contributed by atoms with E-state index in [2.05, 4.69) is 47.2 Å². The van der Waals surface area contributed by atoms with Crippen molar-refractivity contribution in [2.45, 2.75) is 13.5 Å².